The predicted octanol–water partition coefficient (Wildman–Crippen LogP) is 3.68. The maximum atomic E-state index is 13.3. The zero-order valence-corrected chi connectivity index (χ0v) is 15.9. The molecular formula is C24H23NO3. The summed E-state index contributed by atoms with van der Waals surface area (Å²) in [5.74, 6) is -0.695. The van der Waals surface area contributed by atoms with Crippen molar-refractivity contribution >= 4 is 17.9 Å². The van der Waals surface area contributed by atoms with Gasteiger partial charge in [0, 0.05) is 5.92 Å². The molecule has 2 aliphatic heterocycles. The average Bonchev–Trinajstić information content (AvgIpc) is 3.06. The molecule has 0 aromatic heterocycles. The molecular weight excluding hydrogens is 350 g/mol. The molecule has 2 heterocycles. The second-order valence-electron chi connectivity index (χ2n) is 8.24. The molecule has 0 spiro atoms. The Morgan fingerprint density at radius 1 is 1.00 bits per heavy atom. The largest absolute Gasteiger partial charge is 0.370 e. The van der Waals surface area contributed by atoms with Crippen molar-refractivity contribution in [3.8, 4) is 0 Å². The molecule has 28 heavy (non-hydrogen) atoms. The Kier molecular flexibility index (Phi) is 3.98. The molecule has 1 aliphatic carbocycles. The highest BCUT2D eigenvalue weighted by Crippen LogP contribution is 2.55. The fourth-order valence-electron chi connectivity index (χ4n) is 5.12. The smallest absolute Gasteiger partial charge is 0.234 e. The van der Waals surface area contributed by atoms with Crippen LogP contribution in [0.25, 0.3) is 6.08 Å². The van der Waals surface area contributed by atoms with E-state index in [1.165, 1.54) is 4.90 Å². The Morgan fingerprint density at radius 3 is 2.39 bits per heavy atom. The van der Waals surface area contributed by atoms with Gasteiger partial charge in [-0.2, -0.15) is 0 Å². The summed E-state index contributed by atoms with van der Waals surface area (Å²) in [6.45, 7) is 2.93. The van der Waals surface area contributed by atoms with Gasteiger partial charge in [-0.1, -0.05) is 66.7 Å². The maximum absolute atomic E-state index is 13.3. The Labute approximate surface area is 164 Å². The topological polar surface area (TPSA) is 46.6 Å². The Balaban J connectivity index is 1.48. The summed E-state index contributed by atoms with van der Waals surface area (Å²) in [4.78, 5) is 27.8. The summed E-state index contributed by atoms with van der Waals surface area (Å²) in [6, 6.07) is 19.9. The molecule has 3 fully saturated rings. The molecule has 0 radical (unpaired) electrons. The zero-order valence-electron chi connectivity index (χ0n) is 15.9. The number of benzene rings is 2. The number of amides is 2. The normalized spacial score (nSPS) is 32.8. The lowest BCUT2D eigenvalue weighted by Gasteiger charge is -2.36. The fraction of sp³-hybridized carbons (Fsp3) is 0.333. The van der Waals surface area contributed by atoms with E-state index in [1.807, 2.05) is 48.5 Å². The van der Waals surface area contributed by atoms with E-state index >= 15 is 0 Å². The molecule has 142 valence electrons. The van der Waals surface area contributed by atoms with Crippen LogP contribution in [0.4, 0.5) is 0 Å². The molecule has 3 aliphatic rings. The first-order valence-electron chi connectivity index (χ1n) is 9.87. The first kappa shape index (κ1) is 17.4. The van der Waals surface area contributed by atoms with Crippen molar-refractivity contribution in [2.24, 2.45) is 17.8 Å². The molecule has 0 N–H and O–H groups in total. The number of fused-ring (bicyclic) bond motifs is 4. The van der Waals surface area contributed by atoms with Gasteiger partial charge >= 0.3 is 0 Å². The van der Waals surface area contributed by atoms with E-state index in [9.17, 15) is 9.59 Å². The van der Waals surface area contributed by atoms with Crippen molar-refractivity contribution in [3.63, 3.8) is 0 Å². The van der Waals surface area contributed by atoms with Gasteiger partial charge in [-0.05, 0) is 30.0 Å². The molecule has 4 nitrogen and oxygen atoms in total. The van der Waals surface area contributed by atoms with E-state index in [4.69, 9.17) is 4.74 Å². The molecule has 2 bridgehead atoms. The van der Waals surface area contributed by atoms with Crippen molar-refractivity contribution < 1.29 is 14.3 Å². The number of imide groups is 1. The minimum atomic E-state index is -0.472. The van der Waals surface area contributed by atoms with Crippen LogP contribution in [-0.2, 0) is 20.9 Å². The lowest BCUT2D eigenvalue weighted by atomic mass is 9.66. The van der Waals surface area contributed by atoms with Gasteiger partial charge in [-0.15, -0.1) is 0 Å². The summed E-state index contributed by atoms with van der Waals surface area (Å²) < 4.78 is 6.14. The van der Waals surface area contributed by atoms with E-state index in [2.05, 4.69) is 25.1 Å². The van der Waals surface area contributed by atoms with Crippen LogP contribution in [0.2, 0.25) is 0 Å². The highest BCUT2D eigenvalue weighted by atomic mass is 16.5. The summed E-state index contributed by atoms with van der Waals surface area (Å²) in [7, 11) is 0. The van der Waals surface area contributed by atoms with Crippen LogP contribution in [0.15, 0.2) is 66.2 Å². The van der Waals surface area contributed by atoms with Gasteiger partial charge in [0.25, 0.3) is 0 Å². The molecule has 2 aromatic rings. The minimum absolute atomic E-state index is 0.0267. The number of nitrogens with zero attached hydrogens (tertiary/aromatic N) is 1. The van der Waals surface area contributed by atoms with Gasteiger partial charge in [0.2, 0.25) is 11.8 Å². The Bertz CT molecular complexity index is 952. The molecule has 0 unspecified atom stereocenters. The molecule has 1 saturated carbocycles. The summed E-state index contributed by atoms with van der Waals surface area (Å²) in [5, 5.41) is 0. The van der Waals surface area contributed by atoms with E-state index in [0.29, 0.717) is 19.6 Å². The van der Waals surface area contributed by atoms with E-state index in [1.54, 1.807) is 0 Å². The fourth-order valence-corrected chi connectivity index (χ4v) is 5.12. The third-order valence-electron chi connectivity index (χ3n) is 6.51. The van der Waals surface area contributed by atoms with Crippen LogP contribution >= 0.6 is 0 Å². The van der Waals surface area contributed by atoms with E-state index in [0.717, 1.165) is 16.7 Å². The SMILES string of the molecule is C[C@@]12C[C@H]3C(=O)N(Cc4ccccc4)C(=O)[C@H]3[C@@H](CO1)/C2=C\c1ccccc1. The molecule has 2 amide bonds. The monoisotopic (exact) mass is 373 g/mol. The third kappa shape index (κ3) is 2.63. The second kappa shape index (κ2) is 6.42. The van der Waals surface area contributed by atoms with Crippen LogP contribution in [0.5, 0.6) is 0 Å². The number of hydrogen-bond acceptors (Lipinski definition) is 3. The second-order valence-corrected chi connectivity index (χ2v) is 8.24. The number of rotatable bonds is 3. The Morgan fingerprint density at radius 2 is 1.68 bits per heavy atom. The average molecular weight is 373 g/mol. The van der Waals surface area contributed by atoms with Crippen LogP contribution in [0.3, 0.4) is 0 Å². The highest BCUT2D eigenvalue weighted by Gasteiger charge is 2.62. The van der Waals surface area contributed by atoms with Gasteiger partial charge in [0.05, 0.1) is 30.6 Å². The number of carbonyl (C=O) groups excluding carboxylic acids is 2. The maximum Gasteiger partial charge on any atom is 0.234 e. The number of hydrogen-bond donors (Lipinski definition) is 0. The molecule has 5 rings (SSSR count). The van der Waals surface area contributed by atoms with Crippen LogP contribution < -0.4 is 0 Å². The van der Waals surface area contributed by atoms with Crippen LogP contribution in [0.1, 0.15) is 24.5 Å². The van der Waals surface area contributed by atoms with E-state index < -0.39 is 5.60 Å². The first-order valence-corrected chi connectivity index (χ1v) is 9.87. The predicted molar refractivity (Wildman–Crippen MR) is 106 cm³/mol. The summed E-state index contributed by atoms with van der Waals surface area (Å²) in [6.07, 6.45) is 2.73. The summed E-state index contributed by atoms with van der Waals surface area (Å²) in [5.41, 5.74) is 2.77. The van der Waals surface area contributed by atoms with Crippen molar-refractivity contribution in [3.05, 3.63) is 77.4 Å². The van der Waals surface area contributed by atoms with Crippen LogP contribution in [0, 0.1) is 17.8 Å². The number of likely N-dealkylation sites (tertiary alicyclic amines) is 1. The minimum Gasteiger partial charge on any atom is -0.370 e. The van der Waals surface area contributed by atoms with Crippen molar-refractivity contribution in [1.29, 1.82) is 0 Å². The van der Waals surface area contributed by atoms with Gasteiger partial charge in [0.15, 0.2) is 0 Å². The lowest BCUT2D eigenvalue weighted by molar-refractivity contribution is -0.141. The zero-order chi connectivity index (χ0) is 19.3. The molecule has 4 heteroatoms. The third-order valence-corrected chi connectivity index (χ3v) is 6.51. The number of ether oxygens (including phenoxy) is 1. The first-order chi connectivity index (χ1) is 13.6. The highest BCUT2D eigenvalue weighted by molar-refractivity contribution is 6.06. The lowest BCUT2D eigenvalue weighted by Crippen LogP contribution is -2.40. The van der Waals surface area contributed by atoms with Gasteiger partial charge in [0.1, 0.15) is 0 Å². The van der Waals surface area contributed by atoms with Crippen LogP contribution in [-0.4, -0.2) is 28.9 Å². The van der Waals surface area contributed by atoms with Gasteiger partial charge in [-0.25, -0.2) is 0 Å². The molecule has 4 atom stereocenters. The standard InChI is InChI=1S/C24H23NO3/c1-24-13-18-21(19(15-28-24)20(24)12-16-8-4-2-5-9-16)23(27)25(22(18)26)14-17-10-6-3-7-11-17/h2-12,18-19,21H,13-15H2,1H3/b20-12+/t18-,19+,21-,24+/m1/s1. The number of carbonyl (C=O) groups is 2. The van der Waals surface area contributed by atoms with Gasteiger partial charge in [-0.3, -0.25) is 14.5 Å². The van der Waals surface area contributed by atoms with Crippen molar-refractivity contribution in [1.82, 2.24) is 4.90 Å². The van der Waals surface area contributed by atoms with Crippen molar-refractivity contribution in [2.45, 2.75) is 25.5 Å². The quantitative estimate of drug-likeness (QED) is 0.771. The van der Waals surface area contributed by atoms with Crippen molar-refractivity contribution in [2.75, 3.05) is 6.61 Å². The molecule has 2 aromatic carbocycles. The van der Waals surface area contributed by atoms with Gasteiger partial charge < -0.3 is 4.74 Å². The van der Waals surface area contributed by atoms with E-state index in [-0.39, 0.29) is 29.6 Å². The summed E-state index contributed by atoms with van der Waals surface area (Å²) >= 11 is 0. The molecule has 2 saturated heterocycles. The Hall–Kier alpha value is -2.72.